The molecule has 0 saturated carbocycles. The van der Waals surface area contributed by atoms with Gasteiger partial charge in [-0.15, -0.1) is 0 Å². The molecular formula is C14H24F3N3O. The maximum absolute atomic E-state index is 12.9. The summed E-state index contributed by atoms with van der Waals surface area (Å²) in [6.07, 6.45) is -3.66. The van der Waals surface area contributed by atoms with Crippen molar-refractivity contribution in [1.82, 2.24) is 15.1 Å². The minimum absolute atomic E-state index is 0.126. The second-order valence-electron chi connectivity index (χ2n) is 6.43. The Hall–Kier alpha value is -0.820. The molecule has 1 N–H and O–H groups in total. The minimum Gasteiger partial charge on any atom is -0.340 e. The largest absolute Gasteiger partial charge is 0.393 e. The second-order valence-corrected chi connectivity index (χ2v) is 6.43. The van der Waals surface area contributed by atoms with E-state index in [0.29, 0.717) is 13.0 Å². The van der Waals surface area contributed by atoms with E-state index >= 15 is 0 Å². The molecule has 0 aromatic carbocycles. The van der Waals surface area contributed by atoms with Gasteiger partial charge in [-0.1, -0.05) is 0 Å². The molecule has 0 radical (unpaired) electrons. The van der Waals surface area contributed by atoms with E-state index in [2.05, 4.69) is 10.2 Å². The third-order valence-electron chi connectivity index (χ3n) is 4.60. The molecule has 1 amide bonds. The Labute approximate surface area is 123 Å². The summed E-state index contributed by atoms with van der Waals surface area (Å²) in [5.74, 6) is -1.56. The van der Waals surface area contributed by atoms with Gasteiger partial charge in [-0.3, -0.25) is 9.69 Å². The quantitative estimate of drug-likeness (QED) is 0.839. The molecule has 2 aliphatic rings. The highest BCUT2D eigenvalue weighted by Gasteiger charge is 2.45. The molecule has 0 aromatic rings. The first kappa shape index (κ1) is 16.5. The molecule has 2 saturated heterocycles. The number of likely N-dealkylation sites (tertiary alicyclic amines) is 1. The first-order chi connectivity index (χ1) is 9.73. The van der Waals surface area contributed by atoms with Crippen LogP contribution < -0.4 is 5.32 Å². The lowest BCUT2D eigenvalue weighted by molar-refractivity contribution is -0.190. The zero-order valence-corrected chi connectivity index (χ0v) is 12.7. The number of carbonyl (C=O) groups is 1. The maximum atomic E-state index is 12.9. The van der Waals surface area contributed by atoms with Crippen LogP contribution in [-0.4, -0.2) is 66.7 Å². The molecule has 2 rings (SSSR count). The fourth-order valence-corrected chi connectivity index (χ4v) is 3.17. The normalized spacial score (nSPS) is 26.0. The van der Waals surface area contributed by atoms with Crippen molar-refractivity contribution in [2.45, 2.75) is 38.4 Å². The third kappa shape index (κ3) is 3.69. The Kier molecular flexibility index (Phi) is 4.82. The van der Waals surface area contributed by atoms with E-state index in [4.69, 9.17) is 0 Å². The van der Waals surface area contributed by atoms with Crippen LogP contribution in [0.25, 0.3) is 0 Å². The Bertz CT molecular complexity index is 378. The lowest BCUT2D eigenvalue weighted by Gasteiger charge is -2.44. The summed E-state index contributed by atoms with van der Waals surface area (Å²) in [7, 11) is 0. The molecule has 1 atom stereocenters. The van der Waals surface area contributed by atoms with Crippen molar-refractivity contribution in [3.05, 3.63) is 0 Å². The lowest BCUT2D eigenvalue weighted by atomic mass is 9.93. The van der Waals surface area contributed by atoms with Crippen molar-refractivity contribution in [2.24, 2.45) is 5.92 Å². The third-order valence-corrected chi connectivity index (χ3v) is 4.60. The van der Waals surface area contributed by atoms with Crippen molar-refractivity contribution in [2.75, 3.05) is 39.3 Å². The summed E-state index contributed by atoms with van der Waals surface area (Å²) >= 11 is 0. The summed E-state index contributed by atoms with van der Waals surface area (Å²) < 4.78 is 38.6. The summed E-state index contributed by atoms with van der Waals surface area (Å²) in [4.78, 5) is 16.2. The van der Waals surface area contributed by atoms with Gasteiger partial charge in [0.1, 0.15) is 0 Å². The van der Waals surface area contributed by atoms with Gasteiger partial charge >= 0.3 is 6.18 Å². The van der Waals surface area contributed by atoms with Crippen LogP contribution in [-0.2, 0) is 4.79 Å². The van der Waals surface area contributed by atoms with E-state index in [9.17, 15) is 18.0 Å². The zero-order chi connectivity index (χ0) is 15.7. The van der Waals surface area contributed by atoms with E-state index in [1.165, 1.54) is 4.90 Å². The molecular weight excluding hydrogens is 283 g/mol. The first-order valence-electron chi connectivity index (χ1n) is 7.55. The van der Waals surface area contributed by atoms with Crippen molar-refractivity contribution < 1.29 is 18.0 Å². The van der Waals surface area contributed by atoms with Crippen molar-refractivity contribution in [3.8, 4) is 0 Å². The van der Waals surface area contributed by atoms with E-state index < -0.39 is 17.6 Å². The number of amides is 1. The number of nitrogens with one attached hydrogen (secondary N) is 1. The van der Waals surface area contributed by atoms with Gasteiger partial charge in [0.2, 0.25) is 5.91 Å². The average Bonchev–Trinajstić information content (AvgIpc) is 2.46. The van der Waals surface area contributed by atoms with Crippen molar-refractivity contribution >= 4 is 5.91 Å². The monoisotopic (exact) mass is 307 g/mol. The van der Waals surface area contributed by atoms with Gasteiger partial charge in [-0.25, -0.2) is 0 Å². The molecule has 122 valence electrons. The van der Waals surface area contributed by atoms with E-state index in [1.54, 1.807) is 0 Å². The number of nitrogens with zero attached hydrogens (tertiary/aromatic N) is 2. The molecule has 0 aromatic heterocycles. The van der Waals surface area contributed by atoms with Crippen LogP contribution in [0.15, 0.2) is 0 Å². The van der Waals surface area contributed by atoms with Gasteiger partial charge in [0.15, 0.2) is 0 Å². The van der Waals surface area contributed by atoms with Crippen LogP contribution in [0.1, 0.15) is 26.7 Å². The molecule has 7 heteroatoms. The predicted molar refractivity (Wildman–Crippen MR) is 73.9 cm³/mol. The molecule has 4 nitrogen and oxygen atoms in total. The number of hydrogen-bond acceptors (Lipinski definition) is 3. The standard InChI is InChI=1S/C14H24F3N3O/c1-13(2,20-8-5-18-6-9-20)12(21)19-7-3-4-11(10-19)14(15,16)17/h11,18H,3-10H2,1-2H3. The van der Waals surface area contributed by atoms with Crippen molar-refractivity contribution in [1.29, 1.82) is 0 Å². The smallest absolute Gasteiger partial charge is 0.340 e. The molecule has 0 spiro atoms. The SMILES string of the molecule is CC(C)(C(=O)N1CCCC(C(F)(F)F)C1)N1CCNCC1. The zero-order valence-electron chi connectivity index (χ0n) is 12.7. The Morgan fingerprint density at radius 1 is 1.14 bits per heavy atom. The number of rotatable bonds is 2. The van der Waals surface area contributed by atoms with Gasteiger partial charge in [0.05, 0.1) is 11.5 Å². The second kappa shape index (κ2) is 6.12. The minimum atomic E-state index is -4.21. The number of piperidine rings is 1. The van der Waals surface area contributed by atoms with E-state index in [-0.39, 0.29) is 18.9 Å². The molecule has 2 fully saturated rings. The van der Waals surface area contributed by atoms with E-state index in [1.807, 2.05) is 13.8 Å². The summed E-state index contributed by atoms with van der Waals surface area (Å²) in [6, 6.07) is 0. The fraction of sp³-hybridized carbons (Fsp3) is 0.929. The molecule has 2 aliphatic heterocycles. The van der Waals surface area contributed by atoms with Crippen LogP contribution in [0.2, 0.25) is 0 Å². The molecule has 21 heavy (non-hydrogen) atoms. The van der Waals surface area contributed by atoms with Crippen LogP contribution in [0.5, 0.6) is 0 Å². The number of carbonyl (C=O) groups excluding carboxylic acids is 1. The Morgan fingerprint density at radius 2 is 1.76 bits per heavy atom. The molecule has 2 heterocycles. The summed E-state index contributed by atoms with van der Waals surface area (Å²) in [5, 5.41) is 3.22. The van der Waals surface area contributed by atoms with Gasteiger partial charge in [0, 0.05) is 39.3 Å². The van der Waals surface area contributed by atoms with Gasteiger partial charge < -0.3 is 10.2 Å². The molecule has 0 bridgehead atoms. The maximum Gasteiger partial charge on any atom is 0.393 e. The summed E-state index contributed by atoms with van der Waals surface area (Å²) in [6.45, 7) is 6.98. The van der Waals surface area contributed by atoms with Crippen LogP contribution >= 0.6 is 0 Å². The van der Waals surface area contributed by atoms with Gasteiger partial charge in [-0.2, -0.15) is 13.2 Å². The first-order valence-corrected chi connectivity index (χ1v) is 7.55. The number of hydrogen-bond donors (Lipinski definition) is 1. The number of alkyl halides is 3. The van der Waals surface area contributed by atoms with Crippen LogP contribution in [0, 0.1) is 5.92 Å². The predicted octanol–water partition coefficient (Wildman–Crippen LogP) is 1.47. The highest BCUT2D eigenvalue weighted by molar-refractivity contribution is 5.85. The number of halogens is 3. The van der Waals surface area contributed by atoms with Gasteiger partial charge in [0.25, 0.3) is 0 Å². The Balaban J connectivity index is 2.04. The van der Waals surface area contributed by atoms with Crippen LogP contribution in [0.3, 0.4) is 0 Å². The molecule has 0 aliphatic carbocycles. The highest BCUT2D eigenvalue weighted by atomic mass is 19.4. The lowest BCUT2D eigenvalue weighted by Crippen LogP contribution is -2.62. The summed E-state index contributed by atoms with van der Waals surface area (Å²) in [5.41, 5.74) is -0.740. The fourth-order valence-electron chi connectivity index (χ4n) is 3.17. The highest BCUT2D eigenvalue weighted by Crippen LogP contribution is 2.34. The van der Waals surface area contributed by atoms with Crippen LogP contribution in [0.4, 0.5) is 13.2 Å². The van der Waals surface area contributed by atoms with Gasteiger partial charge in [-0.05, 0) is 26.7 Å². The Morgan fingerprint density at radius 3 is 2.33 bits per heavy atom. The topological polar surface area (TPSA) is 35.6 Å². The molecule has 1 unspecified atom stereocenters. The average molecular weight is 307 g/mol. The number of piperazine rings is 1. The van der Waals surface area contributed by atoms with E-state index in [0.717, 1.165) is 26.2 Å². The van der Waals surface area contributed by atoms with Crippen molar-refractivity contribution in [3.63, 3.8) is 0 Å².